The summed E-state index contributed by atoms with van der Waals surface area (Å²) >= 11 is 1.45. The number of nitrogens with one attached hydrogen (secondary N) is 1. The van der Waals surface area contributed by atoms with Crippen LogP contribution in [0.1, 0.15) is 23.2 Å². The van der Waals surface area contributed by atoms with Crippen molar-refractivity contribution in [2.45, 2.75) is 23.8 Å². The van der Waals surface area contributed by atoms with Crippen molar-refractivity contribution in [3.63, 3.8) is 0 Å². The molecule has 0 atom stereocenters. The lowest BCUT2D eigenvalue weighted by Gasteiger charge is -2.05. The Morgan fingerprint density at radius 2 is 2.24 bits per heavy atom. The first-order valence-electron chi connectivity index (χ1n) is 5.25. The summed E-state index contributed by atoms with van der Waals surface area (Å²) in [6.45, 7) is 0. The summed E-state index contributed by atoms with van der Waals surface area (Å²) in [5, 5.41) is 13.6. The van der Waals surface area contributed by atoms with Gasteiger partial charge < -0.3 is 5.32 Å². The number of hydrogen-bond acceptors (Lipinski definition) is 4. The summed E-state index contributed by atoms with van der Waals surface area (Å²) in [4.78, 5) is 23.0. The first-order valence-corrected chi connectivity index (χ1v) is 6.47. The van der Waals surface area contributed by atoms with E-state index < -0.39 is 4.92 Å². The van der Waals surface area contributed by atoms with Crippen LogP contribution in [-0.2, 0) is 0 Å². The quantitative estimate of drug-likeness (QED) is 0.506. The Morgan fingerprint density at radius 3 is 2.76 bits per heavy atom. The number of rotatable bonds is 4. The van der Waals surface area contributed by atoms with Crippen molar-refractivity contribution in [3.8, 4) is 0 Å². The minimum atomic E-state index is -0.522. The van der Waals surface area contributed by atoms with Crippen molar-refractivity contribution in [1.29, 1.82) is 0 Å². The van der Waals surface area contributed by atoms with Gasteiger partial charge in [0.05, 0.1) is 4.92 Å². The molecule has 17 heavy (non-hydrogen) atoms. The predicted octanol–water partition coefficient (Wildman–Crippen LogP) is 2.21. The molecule has 2 rings (SSSR count). The molecular weight excluding hydrogens is 240 g/mol. The van der Waals surface area contributed by atoms with E-state index in [9.17, 15) is 14.9 Å². The maximum atomic E-state index is 11.9. The third kappa shape index (κ3) is 2.76. The highest BCUT2D eigenvalue weighted by Crippen LogP contribution is 2.26. The van der Waals surface area contributed by atoms with Crippen molar-refractivity contribution in [2.24, 2.45) is 0 Å². The normalized spacial score (nSPS) is 14.4. The van der Waals surface area contributed by atoms with Gasteiger partial charge in [-0.3, -0.25) is 14.9 Å². The zero-order valence-electron chi connectivity index (χ0n) is 9.30. The van der Waals surface area contributed by atoms with Gasteiger partial charge in [0.25, 0.3) is 11.6 Å². The van der Waals surface area contributed by atoms with Gasteiger partial charge in [-0.2, -0.15) is 0 Å². The van der Waals surface area contributed by atoms with E-state index in [1.165, 1.54) is 17.8 Å². The fourth-order valence-corrected chi connectivity index (χ4v) is 1.91. The van der Waals surface area contributed by atoms with Crippen LogP contribution >= 0.6 is 11.8 Å². The van der Waals surface area contributed by atoms with E-state index in [2.05, 4.69) is 5.32 Å². The molecule has 1 N–H and O–H groups in total. The van der Waals surface area contributed by atoms with Gasteiger partial charge in [0.15, 0.2) is 0 Å². The molecule has 0 radical (unpaired) electrons. The lowest BCUT2D eigenvalue weighted by molar-refractivity contribution is -0.385. The first kappa shape index (κ1) is 11.9. The Labute approximate surface area is 103 Å². The Kier molecular flexibility index (Phi) is 3.33. The zero-order valence-corrected chi connectivity index (χ0v) is 10.1. The molecule has 90 valence electrons. The van der Waals surface area contributed by atoms with Gasteiger partial charge in [-0.25, -0.2) is 0 Å². The van der Waals surface area contributed by atoms with Crippen LogP contribution in [-0.4, -0.2) is 23.1 Å². The number of benzene rings is 1. The molecule has 0 unspecified atom stereocenters. The van der Waals surface area contributed by atoms with Gasteiger partial charge in [-0.1, -0.05) is 0 Å². The van der Waals surface area contributed by atoms with Crippen molar-refractivity contribution >= 4 is 23.4 Å². The second-order valence-electron chi connectivity index (χ2n) is 3.89. The minimum Gasteiger partial charge on any atom is -0.349 e. The van der Waals surface area contributed by atoms with E-state index in [4.69, 9.17) is 0 Å². The van der Waals surface area contributed by atoms with E-state index in [0.29, 0.717) is 0 Å². The molecule has 1 aromatic rings. The third-order valence-corrected chi connectivity index (χ3v) is 3.28. The van der Waals surface area contributed by atoms with Crippen LogP contribution in [0, 0.1) is 10.1 Å². The summed E-state index contributed by atoms with van der Waals surface area (Å²) in [5.41, 5.74) is 0.00898. The van der Waals surface area contributed by atoms with Crippen LogP contribution < -0.4 is 5.32 Å². The molecule has 5 nitrogen and oxygen atoms in total. The SMILES string of the molecule is CSc1ccc([N+](=O)[O-])c(C(=O)NC2CC2)c1. The summed E-state index contributed by atoms with van der Waals surface area (Å²) in [6, 6.07) is 4.80. The standard InChI is InChI=1S/C11H12N2O3S/c1-17-8-4-5-10(13(15)16)9(6-8)11(14)12-7-2-3-7/h4-7H,2-3H2,1H3,(H,12,14). The zero-order chi connectivity index (χ0) is 12.4. The molecule has 0 bridgehead atoms. The fraction of sp³-hybridized carbons (Fsp3) is 0.364. The van der Waals surface area contributed by atoms with Gasteiger partial charge in [-0.15, -0.1) is 11.8 Å². The van der Waals surface area contributed by atoms with Crippen LogP contribution in [0.2, 0.25) is 0 Å². The molecule has 1 fully saturated rings. The highest BCUT2D eigenvalue weighted by molar-refractivity contribution is 7.98. The lowest BCUT2D eigenvalue weighted by atomic mass is 10.1. The summed E-state index contributed by atoms with van der Waals surface area (Å²) in [6.07, 6.45) is 3.78. The molecule has 1 aliphatic rings. The molecule has 6 heteroatoms. The molecule has 0 saturated heterocycles. The average Bonchev–Trinajstić information content (AvgIpc) is 3.11. The molecule has 0 aromatic heterocycles. The van der Waals surface area contributed by atoms with E-state index in [0.717, 1.165) is 17.7 Å². The average molecular weight is 252 g/mol. The van der Waals surface area contributed by atoms with E-state index >= 15 is 0 Å². The number of nitrogens with zero attached hydrogens (tertiary/aromatic N) is 1. The topological polar surface area (TPSA) is 72.2 Å². The molecule has 1 aliphatic carbocycles. The van der Waals surface area contributed by atoms with Crippen molar-refractivity contribution in [3.05, 3.63) is 33.9 Å². The maximum Gasteiger partial charge on any atom is 0.282 e. The van der Waals surface area contributed by atoms with Crippen molar-refractivity contribution in [2.75, 3.05) is 6.26 Å². The van der Waals surface area contributed by atoms with Gasteiger partial charge in [0, 0.05) is 17.0 Å². The summed E-state index contributed by atoms with van der Waals surface area (Å²) < 4.78 is 0. The Hall–Kier alpha value is -1.56. The second kappa shape index (κ2) is 4.75. The maximum absolute atomic E-state index is 11.9. The molecule has 1 aromatic carbocycles. The van der Waals surface area contributed by atoms with Gasteiger partial charge >= 0.3 is 0 Å². The predicted molar refractivity (Wildman–Crippen MR) is 65.4 cm³/mol. The number of nitro groups is 1. The number of carbonyl (C=O) groups is 1. The molecule has 1 amide bonds. The number of nitro benzene ring substituents is 1. The first-order chi connectivity index (χ1) is 8.11. The number of carbonyl (C=O) groups excluding carboxylic acids is 1. The van der Waals surface area contributed by atoms with E-state index in [1.807, 2.05) is 6.26 Å². The van der Waals surface area contributed by atoms with Crippen molar-refractivity contribution in [1.82, 2.24) is 5.32 Å². The van der Waals surface area contributed by atoms with Gasteiger partial charge in [-0.05, 0) is 31.2 Å². The number of thioether (sulfide) groups is 1. The van der Waals surface area contributed by atoms with Crippen molar-refractivity contribution < 1.29 is 9.72 Å². The summed E-state index contributed by atoms with van der Waals surface area (Å²) in [5.74, 6) is -0.352. The van der Waals surface area contributed by atoms with Gasteiger partial charge in [0.2, 0.25) is 0 Å². The van der Waals surface area contributed by atoms with Crippen LogP contribution in [0.3, 0.4) is 0 Å². The minimum absolute atomic E-state index is 0.138. The largest absolute Gasteiger partial charge is 0.349 e. The smallest absolute Gasteiger partial charge is 0.282 e. The van der Waals surface area contributed by atoms with Gasteiger partial charge in [0.1, 0.15) is 5.56 Å². The monoisotopic (exact) mass is 252 g/mol. The third-order valence-electron chi connectivity index (χ3n) is 2.56. The molecule has 0 aliphatic heterocycles. The van der Waals surface area contributed by atoms with E-state index in [-0.39, 0.29) is 23.2 Å². The molecule has 1 saturated carbocycles. The second-order valence-corrected chi connectivity index (χ2v) is 4.77. The molecular formula is C11H12N2O3S. The highest BCUT2D eigenvalue weighted by Gasteiger charge is 2.27. The highest BCUT2D eigenvalue weighted by atomic mass is 32.2. The van der Waals surface area contributed by atoms with Crippen LogP contribution in [0.5, 0.6) is 0 Å². The Balaban J connectivity index is 2.32. The van der Waals surface area contributed by atoms with Crippen LogP contribution in [0.25, 0.3) is 0 Å². The van der Waals surface area contributed by atoms with E-state index in [1.54, 1.807) is 12.1 Å². The number of amides is 1. The number of hydrogen-bond donors (Lipinski definition) is 1. The fourth-order valence-electron chi connectivity index (χ4n) is 1.47. The Morgan fingerprint density at radius 1 is 1.53 bits per heavy atom. The molecule has 0 heterocycles. The summed E-state index contributed by atoms with van der Waals surface area (Å²) in [7, 11) is 0. The molecule has 0 spiro atoms. The van der Waals surface area contributed by atoms with Crippen LogP contribution in [0.4, 0.5) is 5.69 Å². The Bertz CT molecular complexity index is 472. The lowest BCUT2D eigenvalue weighted by Crippen LogP contribution is -2.26. The van der Waals surface area contributed by atoms with Crippen LogP contribution in [0.15, 0.2) is 23.1 Å².